The molecule has 9 heteroatoms. The van der Waals surface area contributed by atoms with E-state index in [-0.39, 0.29) is 35.3 Å². The van der Waals surface area contributed by atoms with Crippen molar-refractivity contribution in [3.8, 4) is 0 Å². The van der Waals surface area contributed by atoms with Gasteiger partial charge in [0, 0.05) is 34.9 Å². The highest BCUT2D eigenvalue weighted by Crippen LogP contribution is 2.29. The fourth-order valence-electron chi connectivity index (χ4n) is 4.39. The Morgan fingerprint density at radius 3 is 2.74 bits per heavy atom. The summed E-state index contributed by atoms with van der Waals surface area (Å²) < 4.78 is 16.2. The van der Waals surface area contributed by atoms with Gasteiger partial charge in [0.15, 0.2) is 5.69 Å². The Hall–Kier alpha value is -2.45. The number of rotatable bonds is 4. The second-order valence-electron chi connectivity index (χ2n) is 8.89. The van der Waals surface area contributed by atoms with Gasteiger partial charge in [-0.25, -0.2) is 4.39 Å². The Balaban J connectivity index is 1.50. The third-order valence-electron chi connectivity index (χ3n) is 6.10. The van der Waals surface area contributed by atoms with E-state index < -0.39 is 5.82 Å². The minimum atomic E-state index is -0.437. The SMILES string of the molecule is CC(C)n1nc(C(=O)N[C@@H]2CCCCN(c3ccc(F)cc3Cl)C(=O)CC2)c2ccc(Br)cc21. The maximum atomic E-state index is 13.5. The number of anilines is 1. The highest BCUT2D eigenvalue weighted by atomic mass is 79.9. The lowest BCUT2D eigenvalue weighted by atomic mass is 10.0. The lowest BCUT2D eigenvalue weighted by molar-refractivity contribution is -0.118. The number of amides is 2. The second-order valence-corrected chi connectivity index (χ2v) is 10.2. The van der Waals surface area contributed by atoms with Crippen LogP contribution in [-0.4, -0.2) is 34.2 Å². The average Bonchev–Trinajstić information content (AvgIpc) is 3.19. The van der Waals surface area contributed by atoms with Crippen molar-refractivity contribution in [3.63, 3.8) is 0 Å². The number of hydrogen-bond acceptors (Lipinski definition) is 3. The Kier molecular flexibility index (Phi) is 7.57. The molecule has 0 unspecified atom stereocenters. The van der Waals surface area contributed by atoms with E-state index in [4.69, 9.17) is 11.6 Å². The molecule has 3 aromatic rings. The van der Waals surface area contributed by atoms with Crippen LogP contribution in [0.3, 0.4) is 0 Å². The fraction of sp³-hybridized carbons (Fsp3) is 0.400. The Morgan fingerprint density at radius 1 is 1.21 bits per heavy atom. The molecule has 4 rings (SSSR count). The lowest BCUT2D eigenvalue weighted by Crippen LogP contribution is -2.36. The number of hydrogen-bond donors (Lipinski definition) is 1. The fourth-order valence-corrected chi connectivity index (χ4v) is 5.01. The molecular formula is C25H27BrClFN4O2. The summed E-state index contributed by atoms with van der Waals surface area (Å²) in [6, 6.07) is 9.80. The largest absolute Gasteiger partial charge is 0.348 e. The lowest BCUT2D eigenvalue weighted by Gasteiger charge is -2.23. The summed E-state index contributed by atoms with van der Waals surface area (Å²) in [6.45, 7) is 4.55. The maximum Gasteiger partial charge on any atom is 0.272 e. The van der Waals surface area contributed by atoms with Crippen LogP contribution in [0.5, 0.6) is 0 Å². The van der Waals surface area contributed by atoms with Gasteiger partial charge in [-0.3, -0.25) is 14.3 Å². The van der Waals surface area contributed by atoms with Crippen molar-refractivity contribution in [3.05, 3.63) is 57.4 Å². The molecule has 6 nitrogen and oxygen atoms in total. The molecule has 1 N–H and O–H groups in total. The number of fused-ring (bicyclic) bond motifs is 1. The molecule has 180 valence electrons. The maximum absolute atomic E-state index is 13.5. The van der Waals surface area contributed by atoms with E-state index in [0.717, 1.165) is 34.6 Å². The topological polar surface area (TPSA) is 67.2 Å². The van der Waals surface area contributed by atoms with Crippen molar-refractivity contribution >= 4 is 55.9 Å². The normalized spacial score (nSPS) is 17.5. The zero-order valence-corrected chi connectivity index (χ0v) is 21.5. The first-order chi connectivity index (χ1) is 16.2. The molecule has 0 aliphatic carbocycles. The monoisotopic (exact) mass is 548 g/mol. The summed E-state index contributed by atoms with van der Waals surface area (Å²) in [5, 5.41) is 8.73. The van der Waals surface area contributed by atoms with Crippen LogP contribution in [0.4, 0.5) is 10.1 Å². The molecule has 0 radical (unpaired) electrons. The van der Waals surface area contributed by atoms with E-state index in [9.17, 15) is 14.0 Å². The first kappa shape index (κ1) is 24.7. The standard InChI is InChI=1S/C25H27BrClFN4O2/c1-15(2)32-22-13-16(26)6-9-19(22)24(30-32)25(34)29-18-5-3-4-12-31(23(33)11-8-18)21-10-7-17(28)14-20(21)27/h6-7,9-10,13-15,18H,3-5,8,11-12H2,1-2H3,(H,29,34)/t18-/m1/s1. The molecule has 0 spiro atoms. The van der Waals surface area contributed by atoms with Gasteiger partial charge in [-0.15, -0.1) is 0 Å². The van der Waals surface area contributed by atoms with Crippen molar-refractivity contribution in [2.45, 2.75) is 58.0 Å². The molecule has 2 amide bonds. The van der Waals surface area contributed by atoms with Crippen molar-refractivity contribution in [2.75, 3.05) is 11.4 Å². The van der Waals surface area contributed by atoms with Crippen LogP contribution in [0, 0.1) is 5.82 Å². The molecule has 0 bridgehead atoms. The third-order valence-corrected chi connectivity index (χ3v) is 6.90. The Labute approximate surface area is 211 Å². The van der Waals surface area contributed by atoms with Gasteiger partial charge in [0.05, 0.1) is 16.2 Å². The summed E-state index contributed by atoms with van der Waals surface area (Å²) in [4.78, 5) is 27.8. The molecule has 0 saturated carbocycles. The first-order valence-corrected chi connectivity index (χ1v) is 12.7. The van der Waals surface area contributed by atoms with Gasteiger partial charge >= 0.3 is 0 Å². The molecule has 1 aliphatic rings. The van der Waals surface area contributed by atoms with Crippen molar-refractivity contribution in [1.29, 1.82) is 0 Å². The van der Waals surface area contributed by atoms with E-state index in [1.807, 2.05) is 36.7 Å². The number of carbonyl (C=O) groups excluding carboxylic acids is 2. The summed E-state index contributed by atoms with van der Waals surface area (Å²) >= 11 is 9.70. The van der Waals surface area contributed by atoms with Gasteiger partial charge in [0.2, 0.25) is 5.91 Å². The zero-order chi connectivity index (χ0) is 24.4. The molecular weight excluding hydrogens is 523 g/mol. The summed E-state index contributed by atoms with van der Waals surface area (Å²) in [7, 11) is 0. The predicted molar refractivity (Wildman–Crippen MR) is 136 cm³/mol. The van der Waals surface area contributed by atoms with Gasteiger partial charge < -0.3 is 10.2 Å². The van der Waals surface area contributed by atoms with Gasteiger partial charge in [-0.05, 0) is 75.9 Å². The van der Waals surface area contributed by atoms with Crippen molar-refractivity contribution in [1.82, 2.24) is 15.1 Å². The minimum Gasteiger partial charge on any atom is -0.348 e. The minimum absolute atomic E-state index is 0.0888. The number of carbonyl (C=O) groups is 2. The summed E-state index contributed by atoms with van der Waals surface area (Å²) in [5.74, 6) is -0.760. The molecule has 34 heavy (non-hydrogen) atoms. The van der Waals surface area contributed by atoms with E-state index in [1.165, 1.54) is 12.1 Å². The van der Waals surface area contributed by atoms with Crippen LogP contribution in [-0.2, 0) is 4.79 Å². The quantitative estimate of drug-likeness (QED) is 0.417. The highest BCUT2D eigenvalue weighted by molar-refractivity contribution is 9.10. The first-order valence-electron chi connectivity index (χ1n) is 11.5. The number of aromatic nitrogens is 2. The van der Waals surface area contributed by atoms with E-state index >= 15 is 0 Å². The molecule has 1 aromatic heterocycles. The predicted octanol–water partition coefficient (Wildman–Crippen LogP) is 6.27. The second kappa shape index (κ2) is 10.4. The summed E-state index contributed by atoms with van der Waals surface area (Å²) in [6.07, 6.45) is 3.12. The number of halogens is 3. The van der Waals surface area contributed by atoms with Gasteiger partial charge in [-0.1, -0.05) is 27.5 Å². The van der Waals surface area contributed by atoms with Gasteiger partial charge in [0.25, 0.3) is 5.91 Å². The van der Waals surface area contributed by atoms with Gasteiger partial charge in [-0.2, -0.15) is 5.10 Å². The van der Waals surface area contributed by atoms with E-state index in [0.29, 0.717) is 24.3 Å². The van der Waals surface area contributed by atoms with Crippen LogP contribution in [0.1, 0.15) is 62.5 Å². The molecule has 1 atom stereocenters. The number of benzene rings is 2. The molecule has 2 aromatic carbocycles. The van der Waals surface area contributed by atoms with E-state index in [1.54, 1.807) is 11.0 Å². The zero-order valence-electron chi connectivity index (χ0n) is 19.2. The van der Waals surface area contributed by atoms with Crippen LogP contribution in [0.2, 0.25) is 5.02 Å². The third kappa shape index (κ3) is 5.28. The van der Waals surface area contributed by atoms with Crippen LogP contribution in [0.25, 0.3) is 10.9 Å². The molecule has 2 heterocycles. The number of nitrogens with one attached hydrogen (secondary N) is 1. The van der Waals surface area contributed by atoms with Crippen molar-refractivity contribution < 1.29 is 14.0 Å². The molecule has 1 saturated heterocycles. The van der Waals surface area contributed by atoms with Crippen LogP contribution < -0.4 is 10.2 Å². The Morgan fingerprint density at radius 2 is 2.00 bits per heavy atom. The molecule has 1 fully saturated rings. The molecule has 1 aliphatic heterocycles. The van der Waals surface area contributed by atoms with Crippen LogP contribution in [0.15, 0.2) is 40.9 Å². The number of nitrogens with zero attached hydrogens (tertiary/aromatic N) is 3. The van der Waals surface area contributed by atoms with Crippen molar-refractivity contribution in [2.24, 2.45) is 0 Å². The Bertz CT molecular complexity index is 1230. The van der Waals surface area contributed by atoms with Crippen LogP contribution >= 0.6 is 27.5 Å². The average molecular weight is 550 g/mol. The highest BCUT2D eigenvalue weighted by Gasteiger charge is 2.25. The smallest absolute Gasteiger partial charge is 0.272 e. The van der Waals surface area contributed by atoms with Gasteiger partial charge in [0.1, 0.15) is 5.82 Å². The summed E-state index contributed by atoms with van der Waals surface area (Å²) in [5.41, 5.74) is 1.81. The van der Waals surface area contributed by atoms with E-state index in [2.05, 4.69) is 26.3 Å².